The fraction of sp³-hybridized carbons (Fsp3) is 0.0909. The molecular weight excluding hydrogens is 218 g/mol. The van der Waals surface area contributed by atoms with Crippen molar-refractivity contribution in [3.05, 3.63) is 36.9 Å². The van der Waals surface area contributed by atoms with E-state index in [1.807, 2.05) is 12.1 Å². The van der Waals surface area contributed by atoms with Gasteiger partial charge in [-0.2, -0.15) is 0 Å². The molecule has 6 nitrogen and oxygen atoms in total. The maximum atomic E-state index is 11.1. The number of nitrogens with one attached hydrogen (secondary N) is 1. The third-order valence-corrected chi connectivity index (χ3v) is 2.22. The normalized spacial score (nSPS) is 9.94. The minimum atomic E-state index is -0.238. The summed E-state index contributed by atoms with van der Waals surface area (Å²) in [5.41, 5.74) is 1.59. The first-order valence-corrected chi connectivity index (χ1v) is 4.97. The van der Waals surface area contributed by atoms with Crippen molar-refractivity contribution in [1.82, 2.24) is 20.2 Å². The standard InChI is InChI=1S/C11H11N5O/c1-3-10(17)12-9-6-4-8(5-7-9)11-13-14-15-16(11)2/h3-7H,1H2,2H3,(H,12,17). The minimum absolute atomic E-state index is 0.238. The number of tetrazole rings is 1. The second-order valence-corrected chi connectivity index (χ2v) is 3.40. The van der Waals surface area contributed by atoms with Crippen LogP contribution in [0, 0.1) is 0 Å². The van der Waals surface area contributed by atoms with Crippen molar-refractivity contribution in [2.24, 2.45) is 7.05 Å². The predicted octanol–water partition coefficient (Wildman–Crippen LogP) is 1.00. The number of aromatic nitrogens is 4. The van der Waals surface area contributed by atoms with Crippen molar-refractivity contribution in [2.75, 3.05) is 5.32 Å². The molecule has 0 atom stereocenters. The average molecular weight is 229 g/mol. The quantitative estimate of drug-likeness (QED) is 0.797. The van der Waals surface area contributed by atoms with Gasteiger partial charge in [-0.1, -0.05) is 6.58 Å². The third-order valence-electron chi connectivity index (χ3n) is 2.22. The maximum absolute atomic E-state index is 11.1. The summed E-state index contributed by atoms with van der Waals surface area (Å²) in [4.78, 5) is 11.1. The Bertz CT molecular complexity index is 543. The molecule has 1 N–H and O–H groups in total. The van der Waals surface area contributed by atoms with Gasteiger partial charge in [0.2, 0.25) is 5.91 Å². The molecule has 0 aliphatic carbocycles. The van der Waals surface area contributed by atoms with E-state index in [-0.39, 0.29) is 5.91 Å². The number of anilines is 1. The molecule has 0 unspecified atom stereocenters. The summed E-state index contributed by atoms with van der Waals surface area (Å²) in [6, 6.07) is 7.24. The summed E-state index contributed by atoms with van der Waals surface area (Å²) in [5, 5.41) is 13.9. The van der Waals surface area contributed by atoms with Gasteiger partial charge in [0.15, 0.2) is 5.82 Å². The number of hydrogen-bond donors (Lipinski definition) is 1. The molecule has 1 aromatic heterocycles. The first-order valence-electron chi connectivity index (χ1n) is 4.97. The average Bonchev–Trinajstić information content (AvgIpc) is 2.76. The van der Waals surface area contributed by atoms with Gasteiger partial charge in [0.25, 0.3) is 0 Å². The van der Waals surface area contributed by atoms with Gasteiger partial charge >= 0.3 is 0 Å². The van der Waals surface area contributed by atoms with E-state index in [0.29, 0.717) is 11.5 Å². The molecule has 0 bridgehead atoms. The Kier molecular flexibility index (Phi) is 2.95. The number of carbonyl (C=O) groups is 1. The highest BCUT2D eigenvalue weighted by Gasteiger charge is 2.05. The third kappa shape index (κ3) is 2.36. The number of hydrogen-bond acceptors (Lipinski definition) is 4. The van der Waals surface area contributed by atoms with Crippen molar-refractivity contribution >= 4 is 11.6 Å². The molecular formula is C11H11N5O. The van der Waals surface area contributed by atoms with E-state index in [1.54, 1.807) is 23.9 Å². The number of rotatable bonds is 3. The highest BCUT2D eigenvalue weighted by Crippen LogP contribution is 2.17. The number of aryl methyl sites for hydroxylation is 1. The van der Waals surface area contributed by atoms with Crippen molar-refractivity contribution in [2.45, 2.75) is 0 Å². The van der Waals surface area contributed by atoms with E-state index >= 15 is 0 Å². The number of amides is 1. The molecule has 1 amide bonds. The highest BCUT2D eigenvalue weighted by molar-refractivity contribution is 5.98. The first kappa shape index (κ1) is 11.0. The van der Waals surface area contributed by atoms with Crippen LogP contribution < -0.4 is 5.32 Å². The van der Waals surface area contributed by atoms with Crippen LogP contribution in [0.1, 0.15) is 0 Å². The molecule has 86 valence electrons. The van der Waals surface area contributed by atoms with Gasteiger partial charge in [-0.3, -0.25) is 4.79 Å². The van der Waals surface area contributed by atoms with Crippen LogP contribution in [-0.4, -0.2) is 26.1 Å². The summed E-state index contributed by atoms with van der Waals surface area (Å²) in [5.74, 6) is 0.435. The van der Waals surface area contributed by atoms with Crippen LogP contribution in [0.4, 0.5) is 5.69 Å². The van der Waals surface area contributed by atoms with E-state index in [9.17, 15) is 4.79 Å². The zero-order chi connectivity index (χ0) is 12.3. The molecule has 2 aromatic rings. The van der Waals surface area contributed by atoms with Crippen LogP contribution in [0.15, 0.2) is 36.9 Å². The number of benzene rings is 1. The topological polar surface area (TPSA) is 72.7 Å². The Morgan fingerprint density at radius 2 is 2.12 bits per heavy atom. The molecule has 17 heavy (non-hydrogen) atoms. The molecule has 0 radical (unpaired) electrons. The molecule has 0 fully saturated rings. The maximum Gasteiger partial charge on any atom is 0.247 e. The van der Waals surface area contributed by atoms with E-state index in [2.05, 4.69) is 27.4 Å². The van der Waals surface area contributed by atoms with Crippen LogP contribution in [0.25, 0.3) is 11.4 Å². The molecule has 1 heterocycles. The zero-order valence-corrected chi connectivity index (χ0v) is 9.29. The second-order valence-electron chi connectivity index (χ2n) is 3.40. The summed E-state index contributed by atoms with van der Waals surface area (Å²) in [6.45, 7) is 3.38. The lowest BCUT2D eigenvalue weighted by atomic mass is 10.2. The Morgan fingerprint density at radius 1 is 1.41 bits per heavy atom. The van der Waals surface area contributed by atoms with E-state index < -0.39 is 0 Å². The van der Waals surface area contributed by atoms with Crippen molar-refractivity contribution in [3.8, 4) is 11.4 Å². The van der Waals surface area contributed by atoms with Crippen LogP contribution >= 0.6 is 0 Å². The highest BCUT2D eigenvalue weighted by atomic mass is 16.1. The van der Waals surface area contributed by atoms with Gasteiger partial charge in [-0.25, -0.2) is 4.68 Å². The van der Waals surface area contributed by atoms with Gasteiger partial charge in [0.1, 0.15) is 0 Å². The van der Waals surface area contributed by atoms with Gasteiger partial charge in [-0.15, -0.1) is 5.10 Å². The fourth-order valence-corrected chi connectivity index (χ4v) is 1.37. The van der Waals surface area contributed by atoms with E-state index in [0.717, 1.165) is 5.56 Å². The van der Waals surface area contributed by atoms with Crippen LogP contribution in [0.3, 0.4) is 0 Å². The van der Waals surface area contributed by atoms with E-state index in [4.69, 9.17) is 0 Å². The summed E-state index contributed by atoms with van der Waals surface area (Å²) >= 11 is 0. The van der Waals surface area contributed by atoms with Gasteiger partial charge in [-0.05, 0) is 40.8 Å². The molecule has 0 aliphatic heterocycles. The zero-order valence-electron chi connectivity index (χ0n) is 9.29. The lowest BCUT2D eigenvalue weighted by Crippen LogP contribution is -2.06. The number of carbonyl (C=O) groups excluding carboxylic acids is 1. The Labute approximate surface area is 98.0 Å². The summed E-state index contributed by atoms with van der Waals surface area (Å²) in [7, 11) is 1.77. The molecule has 1 aromatic carbocycles. The van der Waals surface area contributed by atoms with Crippen molar-refractivity contribution in [1.29, 1.82) is 0 Å². The van der Waals surface area contributed by atoms with E-state index in [1.165, 1.54) is 6.08 Å². The lowest BCUT2D eigenvalue weighted by molar-refractivity contribution is -0.111. The smallest absolute Gasteiger partial charge is 0.247 e. The SMILES string of the molecule is C=CC(=O)Nc1ccc(-c2nnnn2C)cc1. The van der Waals surface area contributed by atoms with Gasteiger partial charge in [0.05, 0.1) is 0 Å². The first-order chi connectivity index (χ1) is 8.20. The van der Waals surface area contributed by atoms with Crippen LogP contribution in [-0.2, 0) is 11.8 Å². The Hall–Kier alpha value is -2.50. The molecule has 0 saturated heterocycles. The second kappa shape index (κ2) is 4.56. The lowest BCUT2D eigenvalue weighted by Gasteiger charge is -2.03. The van der Waals surface area contributed by atoms with Crippen LogP contribution in [0.5, 0.6) is 0 Å². The Balaban J connectivity index is 2.21. The minimum Gasteiger partial charge on any atom is -0.323 e. The molecule has 2 rings (SSSR count). The molecule has 0 spiro atoms. The van der Waals surface area contributed by atoms with Crippen molar-refractivity contribution in [3.63, 3.8) is 0 Å². The fourth-order valence-electron chi connectivity index (χ4n) is 1.37. The summed E-state index contributed by atoms with van der Waals surface area (Å²) in [6.07, 6.45) is 1.22. The Morgan fingerprint density at radius 3 is 2.65 bits per heavy atom. The van der Waals surface area contributed by atoms with Crippen LogP contribution in [0.2, 0.25) is 0 Å². The van der Waals surface area contributed by atoms with Gasteiger partial charge < -0.3 is 5.32 Å². The molecule has 0 saturated carbocycles. The largest absolute Gasteiger partial charge is 0.323 e. The monoisotopic (exact) mass is 229 g/mol. The molecule has 0 aliphatic rings. The number of nitrogens with zero attached hydrogens (tertiary/aromatic N) is 4. The summed E-state index contributed by atoms with van der Waals surface area (Å²) < 4.78 is 1.58. The molecule has 6 heteroatoms. The predicted molar refractivity (Wildman–Crippen MR) is 63.1 cm³/mol. The van der Waals surface area contributed by atoms with Gasteiger partial charge in [0, 0.05) is 18.3 Å². The van der Waals surface area contributed by atoms with Crippen molar-refractivity contribution < 1.29 is 4.79 Å².